The van der Waals surface area contributed by atoms with E-state index in [1.807, 2.05) is 0 Å². The van der Waals surface area contributed by atoms with Gasteiger partial charge in [0.2, 0.25) is 0 Å². The van der Waals surface area contributed by atoms with Crippen molar-refractivity contribution in [2.24, 2.45) is 0 Å². The van der Waals surface area contributed by atoms with Crippen molar-refractivity contribution >= 4 is 10.0 Å². The molecule has 1 heterocycles. The van der Waals surface area contributed by atoms with Crippen molar-refractivity contribution in [3.05, 3.63) is 18.0 Å². The van der Waals surface area contributed by atoms with Crippen LogP contribution in [0.3, 0.4) is 0 Å². The van der Waals surface area contributed by atoms with E-state index in [1.165, 1.54) is 13.3 Å². The molecule has 68 valence electrons. The summed E-state index contributed by atoms with van der Waals surface area (Å²) in [6, 6.07) is 1.60. The first-order valence-electron chi connectivity index (χ1n) is 3.28. The molecule has 1 aromatic heterocycles. The Morgan fingerprint density at radius 1 is 1.67 bits per heavy atom. The van der Waals surface area contributed by atoms with E-state index in [1.54, 1.807) is 6.07 Å². The second kappa shape index (κ2) is 3.24. The molecule has 0 aromatic carbocycles. The molecular formula is C6H10N2O3S. The largest absolute Gasteiger partial charge is 0.378 e. The summed E-state index contributed by atoms with van der Waals surface area (Å²) in [4.78, 5) is 0. The fourth-order valence-corrected chi connectivity index (χ4v) is 1.63. The quantitative estimate of drug-likeness (QED) is 0.664. The Hall–Kier alpha value is -0.880. The summed E-state index contributed by atoms with van der Waals surface area (Å²) in [6.07, 6.45) is 2.52. The minimum Gasteiger partial charge on any atom is -0.378 e. The van der Waals surface area contributed by atoms with Crippen LogP contribution in [0.2, 0.25) is 0 Å². The fraction of sp³-hybridized carbons (Fsp3) is 0.500. The highest BCUT2D eigenvalue weighted by Crippen LogP contribution is 2.02. The molecule has 0 atom stereocenters. The van der Waals surface area contributed by atoms with E-state index in [-0.39, 0.29) is 6.61 Å². The summed E-state index contributed by atoms with van der Waals surface area (Å²) < 4.78 is 27.8. The van der Waals surface area contributed by atoms with Gasteiger partial charge in [-0.25, -0.2) is 8.42 Å². The molecule has 0 aliphatic rings. The molecule has 5 nitrogen and oxygen atoms in total. The number of nitrogens with zero attached hydrogens (tertiary/aromatic N) is 2. The van der Waals surface area contributed by atoms with Crippen LogP contribution in [0, 0.1) is 0 Å². The molecular weight excluding hydrogens is 180 g/mol. The summed E-state index contributed by atoms with van der Waals surface area (Å²) in [5, 5.41) is 3.65. The van der Waals surface area contributed by atoms with E-state index in [0.29, 0.717) is 5.69 Å². The lowest BCUT2D eigenvalue weighted by Crippen LogP contribution is -2.15. The number of hydrogen-bond acceptors (Lipinski definition) is 4. The van der Waals surface area contributed by atoms with Gasteiger partial charge in [0.25, 0.3) is 10.0 Å². The van der Waals surface area contributed by atoms with Crippen LogP contribution in [0.5, 0.6) is 0 Å². The topological polar surface area (TPSA) is 61.2 Å². The van der Waals surface area contributed by atoms with Crippen LogP contribution in [-0.2, 0) is 21.4 Å². The van der Waals surface area contributed by atoms with Crippen molar-refractivity contribution in [3.63, 3.8) is 0 Å². The average molecular weight is 190 g/mol. The van der Waals surface area contributed by atoms with Gasteiger partial charge in [-0.15, -0.1) is 0 Å². The molecule has 0 bridgehead atoms. The van der Waals surface area contributed by atoms with E-state index < -0.39 is 10.0 Å². The lowest BCUT2D eigenvalue weighted by atomic mass is 10.5. The molecule has 0 saturated carbocycles. The minimum atomic E-state index is -3.29. The number of hydrogen-bond donors (Lipinski definition) is 0. The monoisotopic (exact) mass is 190 g/mol. The predicted molar refractivity (Wildman–Crippen MR) is 43.2 cm³/mol. The summed E-state index contributed by atoms with van der Waals surface area (Å²) in [5.41, 5.74) is 0.528. The highest BCUT2D eigenvalue weighted by atomic mass is 32.2. The van der Waals surface area contributed by atoms with E-state index in [9.17, 15) is 8.42 Å². The first kappa shape index (κ1) is 9.21. The molecule has 1 rings (SSSR count). The molecule has 0 saturated heterocycles. The van der Waals surface area contributed by atoms with E-state index in [4.69, 9.17) is 4.74 Å². The normalized spacial score (nSPS) is 11.8. The molecule has 0 aliphatic carbocycles. The lowest BCUT2D eigenvalue weighted by Gasteiger charge is -2.02. The molecule has 1 aromatic rings. The SMILES string of the molecule is COCc1ccnn1S(C)(=O)=O. The summed E-state index contributed by atoms with van der Waals surface area (Å²) in [5.74, 6) is 0. The van der Waals surface area contributed by atoms with Crippen molar-refractivity contribution in [1.29, 1.82) is 0 Å². The van der Waals surface area contributed by atoms with Crippen LogP contribution in [0.4, 0.5) is 0 Å². The first-order chi connectivity index (χ1) is 5.55. The molecule has 0 N–H and O–H groups in total. The Bertz CT molecular complexity index is 355. The summed E-state index contributed by atoms with van der Waals surface area (Å²) in [6.45, 7) is 0.243. The second-order valence-corrected chi connectivity index (χ2v) is 4.17. The third-order valence-corrected chi connectivity index (χ3v) is 2.25. The molecule has 0 radical (unpaired) electrons. The Balaban J connectivity index is 3.08. The van der Waals surface area contributed by atoms with Crippen LogP contribution in [0.15, 0.2) is 12.3 Å². The van der Waals surface area contributed by atoms with Gasteiger partial charge in [-0.1, -0.05) is 0 Å². The molecule has 0 spiro atoms. The van der Waals surface area contributed by atoms with Gasteiger partial charge in [0.1, 0.15) is 0 Å². The Labute approximate surface area is 71.0 Å². The van der Waals surface area contributed by atoms with Crippen molar-refractivity contribution in [3.8, 4) is 0 Å². The number of rotatable bonds is 3. The maximum absolute atomic E-state index is 11.0. The average Bonchev–Trinajstić information content (AvgIpc) is 2.34. The molecule has 0 fully saturated rings. The van der Waals surface area contributed by atoms with Gasteiger partial charge >= 0.3 is 0 Å². The Kier molecular flexibility index (Phi) is 2.49. The third kappa shape index (κ3) is 1.83. The maximum atomic E-state index is 11.0. The van der Waals surface area contributed by atoms with Gasteiger partial charge in [-0.2, -0.15) is 9.19 Å². The van der Waals surface area contributed by atoms with Crippen LogP contribution in [0.1, 0.15) is 5.69 Å². The number of methoxy groups -OCH3 is 1. The van der Waals surface area contributed by atoms with Gasteiger partial charge < -0.3 is 4.74 Å². The molecule has 6 heteroatoms. The standard InChI is InChI=1S/C6H10N2O3S/c1-11-5-6-3-4-7-8(6)12(2,9)10/h3-4H,5H2,1-2H3. The van der Waals surface area contributed by atoms with E-state index >= 15 is 0 Å². The molecule has 0 amide bonds. The predicted octanol–water partition coefficient (Wildman–Crippen LogP) is -0.163. The Morgan fingerprint density at radius 2 is 2.33 bits per heavy atom. The van der Waals surface area contributed by atoms with Crippen molar-refractivity contribution in [2.45, 2.75) is 6.61 Å². The summed E-state index contributed by atoms with van der Waals surface area (Å²) >= 11 is 0. The minimum absolute atomic E-state index is 0.243. The van der Waals surface area contributed by atoms with Gasteiger partial charge in [-0.05, 0) is 6.07 Å². The van der Waals surface area contributed by atoms with Crippen molar-refractivity contribution in [2.75, 3.05) is 13.4 Å². The van der Waals surface area contributed by atoms with E-state index in [0.717, 1.165) is 10.3 Å². The summed E-state index contributed by atoms with van der Waals surface area (Å²) in [7, 11) is -1.79. The number of ether oxygens (including phenoxy) is 1. The van der Waals surface area contributed by atoms with Crippen LogP contribution in [-0.4, -0.2) is 31.0 Å². The lowest BCUT2D eigenvalue weighted by molar-refractivity contribution is 0.180. The van der Waals surface area contributed by atoms with Crippen LogP contribution < -0.4 is 0 Å². The highest BCUT2D eigenvalue weighted by molar-refractivity contribution is 7.89. The van der Waals surface area contributed by atoms with Crippen molar-refractivity contribution in [1.82, 2.24) is 9.19 Å². The third-order valence-electron chi connectivity index (χ3n) is 1.29. The van der Waals surface area contributed by atoms with Gasteiger partial charge in [0.15, 0.2) is 0 Å². The zero-order valence-electron chi connectivity index (χ0n) is 6.89. The highest BCUT2D eigenvalue weighted by Gasteiger charge is 2.10. The molecule has 0 aliphatic heterocycles. The maximum Gasteiger partial charge on any atom is 0.251 e. The van der Waals surface area contributed by atoms with Crippen LogP contribution in [0.25, 0.3) is 0 Å². The van der Waals surface area contributed by atoms with Gasteiger partial charge in [0, 0.05) is 7.11 Å². The molecule has 12 heavy (non-hydrogen) atoms. The fourth-order valence-electron chi connectivity index (χ4n) is 0.868. The molecule has 0 unspecified atom stereocenters. The van der Waals surface area contributed by atoms with Gasteiger partial charge in [0.05, 0.1) is 24.8 Å². The smallest absolute Gasteiger partial charge is 0.251 e. The second-order valence-electron chi connectivity index (χ2n) is 2.36. The zero-order valence-corrected chi connectivity index (χ0v) is 7.71. The van der Waals surface area contributed by atoms with Crippen molar-refractivity contribution < 1.29 is 13.2 Å². The van der Waals surface area contributed by atoms with Gasteiger partial charge in [-0.3, -0.25) is 0 Å². The Morgan fingerprint density at radius 3 is 2.83 bits per heavy atom. The first-order valence-corrected chi connectivity index (χ1v) is 5.13. The van der Waals surface area contributed by atoms with E-state index in [2.05, 4.69) is 5.10 Å². The zero-order chi connectivity index (χ0) is 9.19. The van der Waals surface area contributed by atoms with Crippen LogP contribution >= 0.6 is 0 Å². The number of aromatic nitrogens is 2.